The zero-order valence-electron chi connectivity index (χ0n) is 12.5. The lowest BCUT2D eigenvalue weighted by molar-refractivity contribution is 0.843. The van der Waals surface area contributed by atoms with Gasteiger partial charge in [-0.1, -0.05) is 30.3 Å². The lowest BCUT2D eigenvalue weighted by Gasteiger charge is -2.20. The predicted octanol–water partition coefficient (Wildman–Crippen LogP) is 4.10. The van der Waals surface area contributed by atoms with Crippen molar-refractivity contribution < 1.29 is 0 Å². The van der Waals surface area contributed by atoms with E-state index in [1.54, 1.807) is 0 Å². The molecule has 1 aromatic carbocycles. The van der Waals surface area contributed by atoms with Crippen molar-refractivity contribution in [1.29, 1.82) is 0 Å². The second-order valence-electron chi connectivity index (χ2n) is 4.85. The molecule has 1 atom stereocenters. The molecule has 106 valence electrons. The summed E-state index contributed by atoms with van der Waals surface area (Å²) in [4.78, 5) is 6.77. The number of nitrogens with zero attached hydrogens (tertiary/aromatic N) is 2. The maximum atomic E-state index is 4.53. The Labute approximate surface area is 121 Å². The Balaban J connectivity index is 2.04. The molecule has 1 aromatic heterocycles. The molecule has 0 aliphatic heterocycles. The first-order valence-electron chi connectivity index (χ1n) is 7.27. The van der Waals surface area contributed by atoms with Gasteiger partial charge >= 0.3 is 0 Å². The number of rotatable bonds is 6. The van der Waals surface area contributed by atoms with Gasteiger partial charge in [0.1, 0.15) is 5.82 Å². The number of nitrogens with one attached hydrogen (secondary N) is 1. The summed E-state index contributed by atoms with van der Waals surface area (Å²) in [6.45, 7) is 8.42. The van der Waals surface area contributed by atoms with Crippen LogP contribution in [0.3, 0.4) is 0 Å². The lowest BCUT2D eigenvalue weighted by Crippen LogP contribution is -2.22. The highest BCUT2D eigenvalue weighted by atomic mass is 15.2. The number of anilines is 2. The highest BCUT2D eigenvalue weighted by molar-refractivity contribution is 5.49. The van der Waals surface area contributed by atoms with Crippen LogP contribution in [0, 0.1) is 0 Å². The van der Waals surface area contributed by atoms with Crippen LogP contribution in [0.5, 0.6) is 0 Å². The van der Waals surface area contributed by atoms with Gasteiger partial charge in [-0.3, -0.25) is 0 Å². The molecule has 3 nitrogen and oxygen atoms in total. The highest BCUT2D eigenvalue weighted by Gasteiger charge is 2.06. The normalized spacial score (nSPS) is 11.9. The van der Waals surface area contributed by atoms with E-state index in [-0.39, 0.29) is 6.04 Å². The van der Waals surface area contributed by atoms with Crippen LogP contribution in [0.4, 0.5) is 11.5 Å². The molecule has 0 radical (unpaired) electrons. The topological polar surface area (TPSA) is 28.2 Å². The van der Waals surface area contributed by atoms with E-state index in [2.05, 4.69) is 72.4 Å². The van der Waals surface area contributed by atoms with Gasteiger partial charge in [0.15, 0.2) is 0 Å². The Hall–Kier alpha value is -2.03. The van der Waals surface area contributed by atoms with E-state index in [4.69, 9.17) is 0 Å². The molecule has 0 amide bonds. The Bertz CT molecular complexity index is 504. The molecule has 1 N–H and O–H groups in total. The lowest BCUT2D eigenvalue weighted by atomic mass is 10.1. The van der Waals surface area contributed by atoms with Crippen LogP contribution >= 0.6 is 0 Å². The summed E-state index contributed by atoms with van der Waals surface area (Å²) in [6, 6.07) is 14.9. The molecule has 2 rings (SSSR count). The maximum Gasteiger partial charge on any atom is 0.128 e. The summed E-state index contributed by atoms with van der Waals surface area (Å²) in [7, 11) is 0. The molecule has 1 unspecified atom stereocenters. The molecule has 3 heteroatoms. The van der Waals surface area contributed by atoms with Crippen LogP contribution in [0.25, 0.3) is 0 Å². The second kappa shape index (κ2) is 6.94. The van der Waals surface area contributed by atoms with E-state index in [1.807, 2.05) is 12.3 Å². The first-order chi connectivity index (χ1) is 9.74. The van der Waals surface area contributed by atoms with Crippen molar-refractivity contribution >= 4 is 11.5 Å². The van der Waals surface area contributed by atoms with E-state index in [0.717, 1.165) is 24.6 Å². The van der Waals surface area contributed by atoms with Crippen molar-refractivity contribution in [1.82, 2.24) is 4.98 Å². The minimum atomic E-state index is 0.275. The molecular formula is C17H23N3. The highest BCUT2D eigenvalue weighted by Crippen LogP contribution is 2.20. The van der Waals surface area contributed by atoms with Gasteiger partial charge in [0, 0.05) is 19.1 Å². The molecule has 2 aromatic rings. The third-order valence-electron chi connectivity index (χ3n) is 3.52. The number of hydrogen-bond donors (Lipinski definition) is 1. The average molecular weight is 269 g/mol. The van der Waals surface area contributed by atoms with Gasteiger partial charge in [-0.25, -0.2) is 4.98 Å². The zero-order valence-corrected chi connectivity index (χ0v) is 12.5. The molecule has 0 saturated heterocycles. The van der Waals surface area contributed by atoms with Crippen molar-refractivity contribution in [2.45, 2.75) is 26.8 Å². The third kappa shape index (κ3) is 3.50. The molecule has 0 aliphatic rings. The van der Waals surface area contributed by atoms with E-state index in [1.165, 1.54) is 5.56 Å². The van der Waals surface area contributed by atoms with Gasteiger partial charge in [0.2, 0.25) is 0 Å². The maximum absolute atomic E-state index is 4.53. The van der Waals surface area contributed by atoms with Gasteiger partial charge in [-0.2, -0.15) is 0 Å². The van der Waals surface area contributed by atoms with Crippen molar-refractivity contribution in [3.05, 3.63) is 54.2 Å². The van der Waals surface area contributed by atoms with E-state index < -0.39 is 0 Å². The average Bonchev–Trinajstić information content (AvgIpc) is 2.51. The Morgan fingerprint density at radius 1 is 1.05 bits per heavy atom. The minimum absolute atomic E-state index is 0.275. The monoisotopic (exact) mass is 269 g/mol. The van der Waals surface area contributed by atoms with Crippen molar-refractivity contribution in [3.8, 4) is 0 Å². The largest absolute Gasteiger partial charge is 0.377 e. The zero-order chi connectivity index (χ0) is 14.4. The molecule has 0 fully saturated rings. The Morgan fingerprint density at radius 3 is 2.30 bits per heavy atom. The Morgan fingerprint density at radius 2 is 1.75 bits per heavy atom. The van der Waals surface area contributed by atoms with E-state index in [9.17, 15) is 0 Å². The summed E-state index contributed by atoms with van der Waals surface area (Å²) >= 11 is 0. The number of pyridine rings is 1. The van der Waals surface area contributed by atoms with E-state index >= 15 is 0 Å². The molecule has 0 saturated carbocycles. The van der Waals surface area contributed by atoms with E-state index in [0.29, 0.717) is 0 Å². The van der Waals surface area contributed by atoms with Gasteiger partial charge in [-0.15, -0.1) is 0 Å². The first-order valence-corrected chi connectivity index (χ1v) is 7.27. The van der Waals surface area contributed by atoms with Crippen LogP contribution in [-0.4, -0.2) is 18.1 Å². The summed E-state index contributed by atoms with van der Waals surface area (Å²) in [5.41, 5.74) is 2.33. The van der Waals surface area contributed by atoms with Gasteiger partial charge in [-0.05, 0) is 38.5 Å². The van der Waals surface area contributed by atoms with Gasteiger partial charge < -0.3 is 10.2 Å². The van der Waals surface area contributed by atoms with Crippen molar-refractivity contribution in [2.75, 3.05) is 23.3 Å². The summed E-state index contributed by atoms with van der Waals surface area (Å²) < 4.78 is 0. The third-order valence-corrected chi connectivity index (χ3v) is 3.52. The van der Waals surface area contributed by atoms with Crippen molar-refractivity contribution in [3.63, 3.8) is 0 Å². The molecule has 0 aliphatic carbocycles. The standard InChI is InChI=1S/C17H23N3/c1-4-20(5-2)17-12-11-16(13-18-17)19-14(3)15-9-7-6-8-10-15/h6-14,19H,4-5H2,1-3H3. The van der Waals surface area contributed by atoms with Crippen LogP contribution in [0.15, 0.2) is 48.7 Å². The summed E-state index contributed by atoms with van der Waals surface area (Å²) in [6.07, 6.45) is 1.91. The van der Waals surface area contributed by atoms with Crippen molar-refractivity contribution in [2.24, 2.45) is 0 Å². The van der Waals surface area contributed by atoms with Crippen LogP contribution in [0.1, 0.15) is 32.4 Å². The predicted molar refractivity (Wildman–Crippen MR) is 86.3 cm³/mol. The van der Waals surface area contributed by atoms with Crippen LogP contribution in [-0.2, 0) is 0 Å². The fourth-order valence-corrected chi connectivity index (χ4v) is 2.28. The van der Waals surface area contributed by atoms with Crippen LogP contribution in [0.2, 0.25) is 0 Å². The quantitative estimate of drug-likeness (QED) is 0.855. The number of aromatic nitrogens is 1. The molecule has 0 bridgehead atoms. The minimum Gasteiger partial charge on any atom is -0.377 e. The summed E-state index contributed by atoms with van der Waals surface area (Å²) in [5, 5.41) is 3.48. The first kappa shape index (κ1) is 14.4. The van der Waals surface area contributed by atoms with Gasteiger partial charge in [0.25, 0.3) is 0 Å². The fourth-order valence-electron chi connectivity index (χ4n) is 2.28. The molecule has 20 heavy (non-hydrogen) atoms. The van der Waals surface area contributed by atoms with Gasteiger partial charge in [0.05, 0.1) is 11.9 Å². The molecular weight excluding hydrogens is 246 g/mol. The number of hydrogen-bond acceptors (Lipinski definition) is 3. The molecule has 1 heterocycles. The molecule has 0 spiro atoms. The smallest absolute Gasteiger partial charge is 0.128 e. The second-order valence-corrected chi connectivity index (χ2v) is 4.85. The fraction of sp³-hybridized carbons (Fsp3) is 0.353. The van der Waals surface area contributed by atoms with Crippen LogP contribution < -0.4 is 10.2 Å². The summed E-state index contributed by atoms with van der Waals surface area (Å²) in [5.74, 6) is 1.04. The SMILES string of the molecule is CCN(CC)c1ccc(NC(C)c2ccccc2)cn1. The Kier molecular flexibility index (Phi) is 4.99. The number of benzene rings is 1.